The number of likely N-dealkylation sites (tertiary alicyclic amines) is 2. The number of urea groups is 1. The molecule has 2 amide bonds. The Morgan fingerprint density at radius 1 is 1.20 bits per heavy atom. The lowest BCUT2D eigenvalue weighted by molar-refractivity contribution is 0.150. The second kappa shape index (κ2) is 9.18. The summed E-state index contributed by atoms with van der Waals surface area (Å²) in [5, 5.41) is 3.28. The summed E-state index contributed by atoms with van der Waals surface area (Å²) in [7, 11) is 0. The van der Waals surface area contributed by atoms with Gasteiger partial charge in [0.2, 0.25) is 0 Å². The molecule has 5 nitrogen and oxygen atoms in total. The lowest BCUT2D eigenvalue weighted by Gasteiger charge is -2.36. The molecule has 2 saturated heterocycles. The van der Waals surface area contributed by atoms with Crippen LogP contribution in [0.25, 0.3) is 0 Å². The third kappa shape index (κ3) is 5.43. The third-order valence-corrected chi connectivity index (χ3v) is 5.76. The van der Waals surface area contributed by atoms with Crippen molar-refractivity contribution in [2.24, 2.45) is 5.92 Å². The summed E-state index contributed by atoms with van der Waals surface area (Å²) in [6, 6.07) is 4.68. The molecule has 0 bridgehead atoms. The van der Waals surface area contributed by atoms with E-state index in [9.17, 15) is 4.79 Å². The number of hydrogen-bond acceptors (Lipinski definition) is 3. The van der Waals surface area contributed by atoms with Crippen molar-refractivity contribution >= 4 is 6.03 Å². The van der Waals surface area contributed by atoms with Gasteiger partial charge in [0, 0.05) is 51.2 Å². The fraction of sp³-hybridized carbons (Fsp3) is 0.700. The van der Waals surface area contributed by atoms with E-state index in [1.165, 1.54) is 18.4 Å². The van der Waals surface area contributed by atoms with Crippen LogP contribution in [-0.4, -0.2) is 59.6 Å². The molecule has 25 heavy (non-hydrogen) atoms. The molecule has 2 fully saturated rings. The van der Waals surface area contributed by atoms with Gasteiger partial charge in [-0.05, 0) is 55.7 Å². The van der Waals surface area contributed by atoms with Gasteiger partial charge in [0.05, 0.1) is 0 Å². The molecule has 0 aliphatic carbocycles. The Morgan fingerprint density at radius 2 is 1.96 bits per heavy atom. The lowest BCUT2D eigenvalue weighted by Crippen LogP contribution is -2.51. The van der Waals surface area contributed by atoms with Crippen LogP contribution in [0.15, 0.2) is 24.5 Å². The van der Waals surface area contributed by atoms with Gasteiger partial charge >= 0.3 is 6.03 Å². The first-order valence-electron chi connectivity index (χ1n) is 9.91. The number of rotatable bonds is 5. The Balaban J connectivity index is 1.36. The number of carbonyl (C=O) groups is 1. The molecule has 3 rings (SSSR count). The molecule has 1 atom stereocenters. The quantitative estimate of drug-likeness (QED) is 0.893. The first kappa shape index (κ1) is 18.2. The van der Waals surface area contributed by atoms with E-state index in [1.54, 1.807) is 0 Å². The molecule has 5 heteroatoms. The molecule has 0 saturated carbocycles. The minimum absolute atomic E-state index is 0.161. The van der Waals surface area contributed by atoms with Crippen molar-refractivity contribution in [1.29, 1.82) is 0 Å². The zero-order valence-corrected chi connectivity index (χ0v) is 15.5. The summed E-state index contributed by atoms with van der Waals surface area (Å²) in [6.45, 7) is 7.34. The Bertz CT molecular complexity index is 528. The van der Waals surface area contributed by atoms with Gasteiger partial charge in [-0.3, -0.25) is 4.98 Å². The molecule has 3 heterocycles. The average Bonchev–Trinajstić information content (AvgIpc) is 2.68. The van der Waals surface area contributed by atoms with Gasteiger partial charge in [0.25, 0.3) is 0 Å². The lowest BCUT2D eigenvalue weighted by atomic mass is 9.96. The van der Waals surface area contributed by atoms with Gasteiger partial charge in [-0.2, -0.15) is 0 Å². The van der Waals surface area contributed by atoms with Gasteiger partial charge < -0.3 is 15.1 Å². The van der Waals surface area contributed by atoms with Crippen LogP contribution in [-0.2, 0) is 6.42 Å². The molecule has 0 spiro atoms. The highest BCUT2D eigenvalue weighted by Gasteiger charge is 2.26. The zero-order chi connectivity index (χ0) is 17.5. The molecule has 138 valence electrons. The van der Waals surface area contributed by atoms with Crippen molar-refractivity contribution in [3.63, 3.8) is 0 Å². The number of hydrogen-bond donors (Lipinski definition) is 1. The molecule has 2 aliphatic rings. The normalized spacial score (nSPS) is 22.8. The fourth-order valence-electron chi connectivity index (χ4n) is 3.99. The van der Waals surface area contributed by atoms with E-state index in [0.29, 0.717) is 12.0 Å². The topological polar surface area (TPSA) is 48.5 Å². The minimum Gasteiger partial charge on any atom is -0.335 e. The van der Waals surface area contributed by atoms with Gasteiger partial charge in [-0.1, -0.05) is 13.3 Å². The predicted octanol–water partition coefficient (Wildman–Crippen LogP) is 2.92. The van der Waals surface area contributed by atoms with Crippen LogP contribution in [0.2, 0.25) is 0 Å². The number of nitrogens with zero attached hydrogens (tertiary/aromatic N) is 3. The Hall–Kier alpha value is -1.62. The summed E-state index contributed by atoms with van der Waals surface area (Å²) in [4.78, 5) is 21.1. The van der Waals surface area contributed by atoms with Crippen LogP contribution in [0.4, 0.5) is 4.79 Å². The predicted molar refractivity (Wildman–Crippen MR) is 101 cm³/mol. The molecule has 0 radical (unpaired) electrons. The van der Waals surface area contributed by atoms with E-state index < -0.39 is 0 Å². The van der Waals surface area contributed by atoms with Crippen molar-refractivity contribution < 1.29 is 4.79 Å². The van der Waals surface area contributed by atoms with E-state index in [-0.39, 0.29) is 6.03 Å². The van der Waals surface area contributed by atoms with Crippen molar-refractivity contribution in [2.45, 2.75) is 51.5 Å². The SMILES string of the molecule is CCC1CCCN(C(=O)NC2CCN(CCc3ccncc3)CC2)C1. The molecule has 0 aromatic carbocycles. The van der Waals surface area contributed by atoms with E-state index in [1.807, 2.05) is 17.3 Å². The fourth-order valence-corrected chi connectivity index (χ4v) is 3.99. The highest BCUT2D eigenvalue weighted by molar-refractivity contribution is 5.74. The van der Waals surface area contributed by atoms with Crippen LogP contribution >= 0.6 is 0 Å². The van der Waals surface area contributed by atoms with Crippen LogP contribution < -0.4 is 5.32 Å². The Kier molecular flexibility index (Phi) is 6.68. The highest BCUT2D eigenvalue weighted by Crippen LogP contribution is 2.19. The second-order valence-corrected chi connectivity index (χ2v) is 7.53. The summed E-state index contributed by atoms with van der Waals surface area (Å²) in [5.74, 6) is 0.689. The van der Waals surface area contributed by atoms with Gasteiger partial charge in [0.15, 0.2) is 0 Å². The zero-order valence-electron chi connectivity index (χ0n) is 15.5. The van der Waals surface area contributed by atoms with Crippen molar-refractivity contribution in [1.82, 2.24) is 20.1 Å². The maximum atomic E-state index is 12.5. The summed E-state index contributed by atoms with van der Waals surface area (Å²) < 4.78 is 0. The van der Waals surface area contributed by atoms with E-state index >= 15 is 0 Å². The van der Waals surface area contributed by atoms with Crippen molar-refractivity contribution in [3.05, 3.63) is 30.1 Å². The van der Waals surface area contributed by atoms with Gasteiger partial charge in [-0.15, -0.1) is 0 Å². The number of nitrogens with one attached hydrogen (secondary N) is 1. The van der Waals surface area contributed by atoms with E-state index in [2.05, 4.69) is 34.3 Å². The monoisotopic (exact) mass is 344 g/mol. The summed E-state index contributed by atoms with van der Waals surface area (Å²) in [6.07, 6.45) is 10.5. The Labute approximate surface area is 151 Å². The van der Waals surface area contributed by atoms with Gasteiger partial charge in [0.1, 0.15) is 0 Å². The number of carbonyl (C=O) groups excluding carboxylic acids is 1. The maximum Gasteiger partial charge on any atom is 0.317 e. The smallest absolute Gasteiger partial charge is 0.317 e. The first-order valence-corrected chi connectivity index (χ1v) is 9.91. The standard InChI is InChI=1S/C20H32N4O/c1-2-17-4-3-12-24(16-17)20(25)22-19-8-14-23(15-9-19)13-7-18-5-10-21-11-6-18/h5-6,10-11,17,19H,2-4,7-9,12-16H2,1H3,(H,22,25). The second-order valence-electron chi connectivity index (χ2n) is 7.53. The molecule has 1 aromatic heterocycles. The number of aromatic nitrogens is 1. The first-order chi connectivity index (χ1) is 12.2. The Morgan fingerprint density at radius 3 is 2.68 bits per heavy atom. The molecule has 1 N–H and O–H groups in total. The molecular weight excluding hydrogens is 312 g/mol. The van der Waals surface area contributed by atoms with E-state index in [0.717, 1.165) is 58.4 Å². The maximum absolute atomic E-state index is 12.5. The van der Waals surface area contributed by atoms with Crippen LogP contribution in [0.5, 0.6) is 0 Å². The minimum atomic E-state index is 0.161. The molecule has 1 aromatic rings. The van der Waals surface area contributed by atoms with Crippen molar-refractivity contribution in [3.8, 4) is 0 Å². The van der Waals surface area contributed by atoms with Crippen LogP contribution in [0.1, 0.15) is 44.6 Å². The number of piperidine rings is 2. The highest BCUT2D eigenvalue weighted by atomic mass is 16.2. The number of amides is 2. The van der Waals surface area contributed by atoms with Crippen molar-refractivity contribution in [2.75, 3.05) is 32.7 Å². The third-order valence-electron chi connectivity index (χ3n) is 5.76. The summed E-state index contributed by atoms with van der Waals surface area (Å²) in [5.41, 5.74) is 1.35. The number of pyridine rings is 1. The molecule has 2 aliphatic heterocycles. The van der Waals surface area contributed by atoms with Crippen LogP contribution in [0.3, 0.4) is 0 Å². The average molecular weight is 345 g/mol. The van der Waals surface area contributed by atoms with Gasteiger partial charge in [-0.25, -0.2) is 4.79 Å². The summed E-state index contributed by atoms with van der Waals surface area (Å²) >= 11 is 0. The largest absolute Gasteiger partial charge is 0.335 e. The van der Waals surface area contributed by atoms with E-state index in [4.69, 9.17) is 0 Å². The molecular formula is C20H32N4O. The molecule has 1 unspecified atom stereocenters. The van der Waals surface area contributed by atoms with Crippen LogP contribution in [0, 0.1) is 5.92 Å².